The topological polar surface area (TPSA) is 58.4 Å². The lowest BCUT2D eigenvalue weighted by Gasteiger charge is -2.30. The average Bonchev–Trinajstić information content (AvgIpc) is 3.39. The summed E-state index contributed by atoms with van der Waals surface area (Å²) in [6, 6.07) is 8.57. The Morgan fingerprint density at radius 2 is 1.85 bits per heavy atom. The van der Waals surface area contributed by atoms with Crippen LogP contribution in [0.2, 0.25) is 0 Å². The van der Waals surface area contributed by atoms with Gasteiger partial charge in [-0.05, 0) is 55.8 Å². The van der Waals surface area contributed by atoms with Gasteiger partial charge in [-0.1, -0.05) is 36.3 Å². The van der Waals surface area contributed by atoms with E-state index in [1.807, 2.05) is 0 Å². The molecule has 138 valence electrons. The number of rotatable bonds is 6. The molecule has 1 aromatic heterocycles. The van der Waals surface area contributed by atoms with Crippen LogP contribution >= 0.6 is 0 Å². The number of benzene rings is 1. The number of hydrogen-bond acceptors (Lipinski definition) is 4. The van der Waals surface area contributed by atoms with Gasteiger partial charge in [-0.15, -0.1) is 0 Å². The molecule has 0 unspecified atom stereocenters. The summed E-state index contributed by atoms with van der Waals surface area (Å²) in [5.41, 5.74) is 3.03. The number of amides is 1. The highest BCUT2D eigenvalue weighted by atomic mass is 16.5. The van der Waals surface area contributed by atoms with Crippen LogP contribution in [0.15, 0.2) is 35.0 Å². The minimum atomic E-state index is -0.0975. The third kappa shape index (κ3) is 4.15. The minimum Gasteiger partial charge on any atom is -0.360 e. The molecule has 0 bridgehead atoms. The summed E-state index contributed by atoms with van der Waals surface area (Å²) in [6.07, 6.45) is 6.32. The molecule has 0 spiro atoms. The molecule has 0 radical (unpaired) electrons. The van der Waals surface area contributed by atoms with E-state index in [-0.39, 0.29) is 5.91 Å². The molecule has 5 nitrogen and oxygen atoms in total. The first-order valence-corrected chi connectivity index (χ1v) is 9.72. The average molecular weight is 353 g/mol. The molecule has 1 N–H and O–H groups in total. The summed E-state index contributed by atoms with van der Waals surface area (Å²) >= 11 is 0. The number of hydrogen-bond donors (Lipinski definition) is 1. The van der Waals surface area contributed by atoms with Crippen molar-refractivity contribution in [2.24, 2.45) is 5.92 Å². The summed E-state index contributed by atoms with van der Waals surface area (Å²) in [6.45, 7) is 6.27. The van der Waals surface area contributed by atoms with E-state index in [2.05, 4.69) is 46.6 Å². The Morgan fingerprint density at radius 1 is 1.15 bits per heavy atom. The van der Waals surface area contributed by atoms with Crippen LogP contribution in [-0.2, 0) is 13.1 Å². The molecule has 2 fully saturated rings. The highest BCUT2D eigenvalue weighted by Crippen LogP contribution is 2.41. The zero-order valence-electron chi connectivity index (χ0n) is 15.4. The van der Waals surface area contributed by atoms with Gasteiger partial charge in [-0.25, -0.2) is 0 Å². The Hall–Kier alpha value is -2.14. The zero-order valence-corrected chi connectivity index (χ0v) is 15.4. The highest BCUT2D eigenvalue weighted by molar-refractivity contribution is 5.95. The fourth-order valence-electron chi connectivity index (χ4n) is 3.58. The third-order valence-corrected chi connectivity index (χ3v) is 5.55. The first-order valence-electron chi connectivity index (χ1n) is 9.72. The highest BCUT2D eigenvalue weighted by Gasteiger charge is 2.32. The van der Waals surface area contributed by atoms with Crippen molar-refractivity contribution < 1.29 is 9.32 Å². The molecule has 0 atom stereocenters. The van der Waals surface area contributed by atoms with Gasteiger partial charge in [0, 0.05) is 19.0 Å². The second kappa shape index (κ2) is 7.62. The summed E-state index contributed by atoms with van der Waals surface area (Å²) in [5, 5.41) is 6.77. The van der Waals surface area contributed by atoms with Crippen molar-refractivity contribution in [3.63, 3.8) is 0 Å². The number of piperidine rings is 1. The summed E-state index contributed by atoms with van der Waals surface area (Å²) in [7, 11) is 0. The van der Waals surface area contributed by atoms with Crippen LogP contribution in [0.25, 0.3) is 0 Å². The lowest BCUT2D eigenvalue weighted by molar-refractivity contribution is 0.0949. The molecule has 1 aromatic carbocycles. The molecule has 1 aliphatic heterocycles. The normalized spacial score (nSPS) is 18.8. The smallest absolute Gasteiger partial charge is 0.256 e. The number of carbonyl (C=O) groups excluding carboxylic acids is 1. The Morgan fingerprint density at radius 3 is 2.54 bits per heavy atom. The molecular weight excluding hydrogens is 326 g/mol. The second-order valence-corrected chi connectivity index (χ2v) is 7.84. The van der Waals surface area contributed by atoms with Gasteiger partial charge in [0.05, 0.1) is 6.20 Å². The lowest BCUT2D eigenvalue weighted by Crippen LogP contribution is -2.32. The maximum absolute atomic E-state index is 12.4. The van der Waals surface area contributed by atoms with Gasteiger partial charge in [0.15, 0.2) is 5.76 Å². The van der Waals surface area contributed by atoms with Crippen LogP contribution in [0.1, 0.15) is 65.8 Å². The molecule has 1 aliphatic carbocycles. The predicted octanol–water partition coefficient (Wildman–Crippen LogP) is 3.71. The van der Waals surface area contributed by atoms with Crippen molar-refractivity contribution in [1.82, 2.24) is 15.4 Å². The lowest BCUT2D eigenvalue weighted by atomic mass is 9.99. The SMILES string of the molecule is CC1CCN(Cc2ccc(CNC(=O)c3cnoc3C3CC3)cc2)CC1. The molecule has 1 saturated heterocycles. The molecule has 2 aliphatic rings. The van der Waals surface area contributed by atoms with E-state index in [0.29, 0.717) is 18.0 Å². The number of carbonyl (C=O) groups is 1. The molecule has 2 heterocycles. The van der Waals surface area contributed by atoms with E-state index in [1.54, 1.807) is 0 Å². The first-order chi connectivity index (χ1) is 12.7. The van der Waals surface area contributed by atoms with Gasteiger partial charge in [0.25, 0.3) is 5.91 Å². The van der Waals surface area contributed by atoms with Gasteiger partial charge < -0.3 is 9.84 Å². The van der Waals surface area contributed by atoms with E-state index >= 15 is 0 Å². The van der Waals surface area contributed by atoms with E-state index < -0.39 is 0 Å². The fourth-order valence-corrected chi connectivity index (χ4v) is 3.58. The largest absolute Gasteiger partial charge is 0.360 e. The molecule has 2 aromatic rings. The van der Waals surface area contributed by atoms with Crippen molar-refractivity contribution in [2.45, 2.75) is 51.6 Å². The molecule has 4 rings (SSSR count). The molecule has 5 heteroatoms. The quantitative estimate of drug-likeness (QED) is 0.860. The number of likely N-dealkylation sites (tertiary alicyclic amines) is 1. The number of nitrogens with one attached hydrogen (secondary N) is 1. The minimum absolute atomic E-state index is 0.0975. The standard InChI is InChI=1S/C21H27N3O2/c1-15-8-10-24(11-9-15)14-17-4-2-16(3-5-17)12-22-21(25)19-13-23-26-20(19)18-6-7-18/h2-5,13,15,18H,6-12,14H2,1H3,(H,22,25). The molecular formula is C21H27N3O2. The van der Waals surface area contributed by atoms with E-state index in [1.165, 1.54) is 37.7 Å². The second-order valence-electron chi connectivity index (χ2n) is 7.84. The number of aromatic nitrogens is 1. The van der Waals surface area contributed by atoms with Gasteiger partial charge in [-0.3, -0.25) is 9.69 Å². The molecule has 1 amide bonds. The van der Waals surface area contributed by atoms with Crippen molar-refractivity contribution in [1.29, 1.82) is 0 Å². The van der Waals surface area contributed by atoms with Crippen molar-refractivity contribution in [3.05, 3.63) is 52.9 Å². The van der Waals surface area contributed by atoms with Crippen molar-refractivity contribution >= 4 is 5.91 Å². The Balaban J connectivity index is 1.28. The molecule has 1 saturated carbocycles. The van der Waals surface area contributed by atoms with Gasteiger partial charge in [0.2, 0.25) is 0 Å². The summed E-state index contributed by atoms with van der Waals surface area (Å²) in [4.78, 5) is 14.9. The van der Waals surface area contributed by atoms with Crippen molar-refractivity contribution in [3.8, 4) is 0 Å². The van der Waals surface area contributed by atoms with E-state index in [0.717, 1.165) is 36.6 Å². The van der Waals surface area contributed by atoms with Crippen LogP contribution in [0.3, 0.4) is 0 Å². The first kappa shape index (κ1) is 17.3. The summed E-state index contributed by atoms with van der Waals surface area (Å²) in [5.74, 6) is 1.90. The third-order valence-electron chi connectivity index (χ3n) is 5.55. The van der Waals surface area contributed by atoms with Crippen LogP contribution in [0.4, 0.5) is 0 Å². The Kier molecular flexibility index (Phi) is 5.07. The van der Waals surface area contributed by atoms with E-state index in [9.17, 15) is 4.79 Å². The maximum atomic E-state index is 12.4. The summed E-state index contributed by atoms with van der Waals surface area (Å²) < 4.78 is 5.24. The zero-order chi connectivity index (χ0) is 17.9. The van der Waals surface area contributed by atoms with Gasteiger partial charge in [0.1, 0.15) is 5.56 Å². The molecule has 26 heavy (non-hydrogen) atoms. The van der Waals surface area contributed by atoms with Crippen LogP contribution in [-0.4, -0.2) is 29.1 Å². The monoisotopic (exact) mass is 353 g/mol. The van der Waals surface area contributed by atoms with Crippen LogP contribution in [0.5, 0.6) is 0 Å². The van der Waals surface area contributed by atoms with Gasteiger partial charge in [-0.2, -0.15) is 0 Å². The predicted molar refractivity (Wildman–Crippen MR) is 99.8 cm³/mol. The van der Waals surface area contributed by atoms with Gasteiger partial charge >= 0.3 is 0 Å². The Labute approximate surface area is 154 Å². The fraction of sp³-hybridized carbons (Fsp3) is 0.524. The Bertz CT molecular complexity index is 741. The number of nitrogens with zero attached hydrogens (tertiary/aromatic N) is 2. The van der Waals surface area contributed by atoms with Crippen molar-refractivity contribution in [2.75, 3.05) is 13.1 Å². The van der Waals surface area contributed by atoms with Crippen LogP contribution in [0, 0.1) is 5.92 Å². The van der Waals surface area contributed by atoms with E-state index in [4.69, 9.17) is 4.52 Å². The maximum Gasteiger partial charge on any atom is 0.256 e. The van der Waals surface area contributed by atoms with Crippen LogP contribution < -0.4 is 5.32 Å².